The zero-order valence-electron chi connectivity index (χ0n) is 17.6. The zero-order chi connectivity index (χ0) is 21.9. The van der Waals surface area contributed by atoms with Crippen LogP contribution in [-0.4, -0.2) is 38.6 Å². The molecule has 1 aliphatic carbocycles. The molecule has 0 unspecified atom stereocenters. The van der Waals surface area contributed by atoms with E-state index in [4.69, 9.17) is 4.74 Å². The van der Waals surface area contributed by atoms with E-state index < -0.39 is 11.6 Å². The lowest BCUT2D eigenvalue weighted by Crippen LogP contribution is -2.51. The summed E-state index contributed by atoms with van der Waals surface area (Å²) in [6.45, 7) is 4.26. The number of H-pyrrole nitrogens is 1. The van der Waals surface area contributed by atoms with Gasteiger partial charge in [-0.2, -0.15) is 5.10 Å². The monoisotopic (exact) mass is 421 g/mol. The van der Waals surface area contributed by atoms with Gasteiger partial charge in [0.15, 0.2) is 5.60 Å². The number of aromatic amines is 1. The zero-order valence-corrected chi connectivity index (χ0v) is 17.6. The van der Waals surface area contributed by atoms with Crippen LogP contribution in [0.25, 0.3) is 27.5 Å². The molecule has 160 valence electrons. The summed E-state index contributed by atoms with van der Waals surface area (Å²) in [6.07, 6.45) is 2.62. The lowest BCUT2D eigenvalue weighted by Gasteiger charge is -2.43. The number of nitrogens with one attached hydrogen (secondary N) is 1. The fraction of sp³-hybridized carbons (Fsp3) is 0.333. The van der Waals surface area contributed by atoms with Crippen molar-refractivity contribution < 1.29 is 19.0 Å². The van der Waals surface area contributed by atoms with Gasteiger partial charge in [-0.05, 0) is 66.6 Å². The van der Waals surface area contributed by atoms with Crippen LogP contribution in [0, 0.1) is 5.82 Å². The summed E-state index contributed by atoms with van der Waals surface area (Å²) in [5.74, 6) is -0.978. The Balaban J connectivity index is 1.79. The Hall–Kier alpha value is -3.19. The van der Waals surface area contributed by atoms with Crippen molar-refractivity contribution in [1.29, 1.82) is 0 Å². The van der Waals surface area contributed by atoms with Crippen LogP contribution >= 0.6 is 0 Å². The minimum Gasteiger partial charge on any atom is -0.479 e. The Kier molecular flexibility index (Phi) is 4.41. The summed E-state index contributed by atoms with van der Waals surface area (Å²) in [5, 5.41) is 18.9. The van der Waals surface area contributed by atoms with Crippen LogP contribution in [0.15, 0.2) is 42.6 Å². The molecule has 0 saturated heterocycles. The van der Waals surface area contributed by atoms with E-state index in [1.54, 1.807) is 18.3 Å². The number of aliphatic carboxylic acids is 1. The normalized spacial score (nSPS) is 21.1. The third-order valence-corrected chi connectivity index (χ3v) is 6.58. The maximum Gasteiger partial charge on any atom is 0.335 e. The number of halogens is 1. The first-order valence-electron chi connectivity index (χ1n) is 10.4. The quantitative estimate of drug-likeness (QED) is 0.469. The molecule has 0 radical (unpaired) electrons. The summed E-state index contributed by atoms with van der Waals surface area (Å²) in [7, 11) is 1.46. The van der Waals surface area contributed by atoms with Gasteiger partial charge >= 0.3 is 5.97 Å². The molecule has 1 saturated carbocycles. The lowest BCUT2D eigenvalue weighted by atomic mass is 9.66. The second-order valence-electron chi connectivity index (χ2n) is 8.70. The topological polar surface area (TPSA) is 80.1 Å². The molecule has 2 aromatic carbocycles. The molecule has 1 aliphatic rings. The van der Waals surface area contributed by atoms with Crippen molar-refractivity contribution in [2.45, 2.75) is 44.1 Å². The first-order chi connectivity index (χ1) is 14.8. The molecular formula is C24H24FN3O3. The molecule has 0 atom stereocenters. The van der Waals surface area contributed by atoms with Crippen LogP contribution in [0.2, 0.25) is 0 Å². The van der Waals surface area contributed by atoms with Gasteiger partial charge in [0.25, 0.3) is 0 Å². The number of benzene rings is 2. The standard InChI is InChI=1S/C24H24FN3O3/c1-13(2)22-21(15-10-24(11-15,31-3)23(29)30)18-9-19-14(12-26-27-19)8-20(18)28(22)17-6-4-16(25)5-7-17/h4-9,12-13,15H,10-11H2,1-3H3,(H,26,27)(H,29,30). The van der Waals surface area contributed by atoms with E-state index in [1.165, 1.54) is 19.2 Å². The van der Waals surface area contributed by atoms with Crippen LogP contribution in [0.1, 0.15) is 49.8 Å². The number of methoxy groups -OCH3 is 1. The van der Waals surface area contributed by atoms with Crippen molar-refractivity contribution in [2.24, 2.45) is 0 Å². The number of carboxylic acids is 1. The molecule has 2 heterocycles. The minimum atomic E-state index is -1.14. The molecule has 2 aromatic heterocycles. The molecule has 5 rings (SSSR count). The molecule has 0 amide bonds. The van der Waals surface area contributed by atoms with Gasteiger partial charge in [-0.15, -0.1) is 0 Å². The highest BCUT2D eigenvalue weighted by atomic mass is 19.1. The van der Waals surface area contributed by atoms with Gasteiger partial charge in [0.1, 0.15) is 5.82 Å². The molecule has 6 nitrogen and oxygen atoms in total. The minimum absolute atomic E-state index is 0.0537. The highest BCUT2D eigenvalue weighted by Crippen LogP contribution is 2.52. The predicted octanol–water partition coefficient (Wildman–Crippen LogP) is 5.12. The van der Waals surface area contributed by atoms with E-state index in [0.717, 1.165) is 38.8 Å². The predicted molar refractivity (Wildman–Crippen MR) is 116 cm³/mol. The van der Waals surface area contributed by atoms with Gasteiger partial charge in [-0.1, -0.05) is 13.8 Å². The first-order valence-corrected chi connectivity index (χ1v) is 10.4. The Morgan fingerprint density at radius 2 is 2.00 bits per heavy atom. The second-order valence-corrected chi connectivity index (χ2v) is 8.70. The molecule has 0 aliphatic heterocycles. The number of nitrogens with zero attached hydrogens (tertiary/aromatic N) is 2. The van der Waals surface area contributed by atoms with Gasteiger partial charge in [0, 0.05) is 29.3 Å². The Morgan fingerprint density at radius 3 is 2.61 bits per heavy atom. The number of rotatable bonds is 5. The maximum atomic E-state index is 13.6. The molecule has 1 fully saturated rings. The third kappa shape index (κ3) is 2.87. The Bertz CT molecular complexity index is 1300. The molecule has 31 heavy (non-hydrogen) atoms. The SMILES string of the molecule is COC1(C(=O)O)CC(c2c(C(C)C)n(-c3ccc(F)cc3)c3cc4cn[nH]c4cc23)C1. The van der Waals surface area contributed by atoms with E-state index in [9.17, 15) is 14.3 Å². The summed E-state index contributed by atoms with van der Waals surface area (Å²) in [5.41, 5.74) is 3.92. The summed E-state index contributed by atoms with van der Waals surface area (Å²) in [6, 6.07) is 10.7. The first kappa shape index (κ1) is 19.8. The highest BCUT2D eigenvalue weighted by molar-refractivity contribution is 5.99. The number of fused-ring (bicyclic) bond motifs is 2. The van der Waals surface area contributed by atoms with Crippen molar-refractivity contribution in [2.75, 3.05) is 7.11 Å². The van der Waals surface area contributed by atoms with E-state index >= 15 is 0 Å². The molecule has 0 bridgehead atoms. The Labute approximate surface area is 178 Å². The number of ether oxygens (including phenoxy) is 1. The molecule has 0 spiro atoms. The van der Waals surface area contributed by atoms with Crippen LogP contribution in [0.5, 0.6) is 0 Å². The number of carbonyl (C=O) groups is 1. The number of carboxylic acid groups (broad SMARTS) is 1. The average Bonchev–Trinajstić information content (AvgIpc) is 3.28. The fourth-order valence-corrected chi connectivity index (χ4v) is 5.00. The largest absolute Gasteiger partial charge is 0.479 e. The van der Waals surface area contributed by atoms with Crippen molar-refractivity contribution >= 4 is 27.8 Å². The fourth-order valence-electron chi connectivity index (χ4n) is 5.00. The van der Waals surface area contributed by atoms with Gasteiger partial charge in [0.2, 0.25) is 0 Å². The van der Waals surface area contributed by atoms with Gasteiger partial charge in [-0.3, -0.25) is 5.10 Å². The smallest absolute Gasteiger partial charge is 0.335 e. The molecule has 4 aromatic rings. The molecular weight excluding hydrogens is 397 g/mol. The van der Waals surface area contributed by atoms with Crippen molar-refractivity contribution in [3.05, 3.63) is 59.7 Å². The van der Waals surface area contributed by atoms with Crippen LogP contribution in [0.3, 0.4) is 0 Å². The van der Waals surface area contributed by atoms with Crippen LogP contribution in [0.4, 0.5) is 4.39 Å². The van der Waals surface area contributed by atoms with Gasteiger partial charge in [0.05, 0.1) is 17.2 Å². The third-order valence-electron chi connectivity index (χ3n) is 6.58. The van der Waals surface area contributed by atoms with Crippen molar-refractivity contribution in [3.63, 3.8) is 0 Å². The summed E-state index contributed by atoms with van der Waals surface area (Å²) >= 11 is 0. The van der Waals surface area contributed by atoms with E-state index in [-0.39, 0.29) is 17.7 Å². The van der Waals surface area contributed by atoms with Crippen molar-refractivity contribution in [3.8, 4) is 5.69 Å². The number of hydrogen-bond acceptors (Lipinski definition) is 3. The second kappa shape index (κ2) is 6.92. The van der Waals surface area contributed by atoms with Crippen LogP contribution in [-0.2, 0) is 9.53 Å². The lowest BCUT2D eigenvalue weighted by molar-refractivity contribution is -0.175. The van der Waals surface area contributed by atoms with E-state index in [0.29, 0.717) is 12.8 Å². The van der Waals surface area contributed by atoms with Gasteiger partial charge < -0.3 is 14.4 Å². The van der Waals surface area contributed by atoms with E-state index in [2.05, 4.69) is 40.7 Å². The summed E-state index contributed by atoms with van der Waals surface area (Å²) in [4.78, 5) is 11.8. The maximum absolute atomic E-state index is 13.6. The average molecular weight is 421 g/mol. The number of aromatic nitrogens is 3. The molecule has 7 heteroatoms. The van der Waals surface area contributed by atoms with Gasteiger partial charge in [-0.25, -0.2) is 9.18 Å². The number of hydrogen-bond donors (Lipinski definition) is 2. The highest BCUT2D eigenvalue weighted by Gasteiger charge is 2.53. The Morgan fingerprint density at radius 1 is 1.29 bits per heavy atom. The summed E-state index contributed by atoms with van der Waals surface area (Å²) < 4.78 is 21.2. The van der Waals surface area contributed by atoms with E-state index in [1.807, 2.05) is 0 Å². The molecule has 2 N–H and O–H groups in total. The van der Waals surface area contributed by atoms with Crippen LogP contribution < -0.4 is 0 Å². The van der Waals surface area contributed by atoms with Crippen molar-refractivity contribution in [1.82, 2.24) is 14.8 Å².